The number of methoxy groups -OCH3 is 2. The molecule has 0 saturated carbocycles. The molecule has 4 rings (SSSR count). The summed E-state index contributed by atoms with van der Waals surface area (Å²) in [5.41, 5.74) is 5.11. The van der Waals surface area contributed by atoms with E-state index >= 15 is 0 Å². The third kappa shape index (κ3) is 5.29. The number of benzene rings is 3. The first-order chi connectivity index (χ1) is 16.5. The SMILES string of the molecule is COc1ccc(C2=NN(C(=O)CN(C)Cc3ccccc3)C(c3ccc(C)cc3)C2)c(OC)c1. The van der Waals surface area contributed by atoms with E-state index in [0.717, 1.165) is 16.8 Å². The van der Waals surface area contributed by atoms with Gasteiger partial charge >= 0.3 is 0 Å². The Hall–Kier alpha value is -3.64. The first kappa shape index (κ1) is 23.5. The minimum Gasteiger partial charge on any atom is -0.497 e. The summed E-state index contributed by atoms with van der Waals surface area (Å²) < 4.78 is 10.9. The minimum absolute atomic E-state index is 0.0357. The van der Waals surface area contributed by atoms with Crippen LogP contribution in [0.3, 0.4) is 0 Å². The number of likely N-dealkylation sites (N-methyl/N-ethyl adjacent to an activating group) is 1. The molecule has 0 saturated heterocycles. The average molecular weight is 458 g/mol. The number of ether oxygens (including phenoxy) is 2. The van der Waals surface area contributed by atoms with E-state index in [0.29, 0.717) is 24.5 Å². The number of carbonyl (C=O) groups excluding carboxylic acids is 1. The van der Waals surface area contributed by atoms with Crippen molar-refractivity contribution in [3.63, 3.8) is 0 Å². The van der Waals surface area contributed by atoms with Crippen molar-refractivity contribution in [1.29, 1.82) is 0 Å². The summed E-state index contributed by atoms with van der Waals surface area (Å²) in [5, 5.41) is 6.46. The molecule has 3 aromatic carbocycles. The third-order valence-electron chi connectivity index (χ3n) is 6.05. The topological polar surface area (TPSA) is 54.4 Å². The molecule has 3 aromatic rings. The van der Waals surface area contributed by atoms with Crippen LogP contribution < -0.4 is 9.47 Å². The molecule has 1 amide bonds. The summed E-state index contributed by atoms with van der Waals surface area (Å²) in [6, 6.07) is 24.0. The molecule has 1 unspecified atom stereocenters. The monoisotopic (exact) mass is 457 g/mol. The van der Waals surface area contributed by atoms with Gasteiger partial charge in [0.05, 0.1) is 32.5 Å². The quantitative estimate of drug-likeness (QED) is 0.487. The molecule has 0 aromatic heterocycles. The largest absolute Gasteiger partial charge is 0.497 e. The van der Waals surface area contributed by atoms with Crippen molar-refractivity contribution in [3.05, 3.63) is 95.1 Å². The Bertz CT molecular complexity index is 1160. The van der Waals surface area contributed by atoms with E-state index in [1.807, 2.05) is 48.3 Å². The Morgan fingerprint density at radius 3 is 2.44 bits per heavy atom. The molecule has 1 aliphatic heterocycles. The maximum Gasteiger partial charge on any atom is 0.257 e. The zero-order valence-electron chi connectivity index (χ0n) is 20.2. The van der Waals surface area contributed by atoms with Crippen LogP contribution in [0.4, 0.5) is 0 Å². The van der Waals surface area contributed by atoms with Crippen LogP contribution in [0.2, 0.25) is 0 Å². The van der Waals surface area contributed by atoms with Gasteiger partial charge in [0.15, 0.2) is 0 Å². The highest BCUT2D eigenvalue weighted by Gasteiger charge is 2.34. The predicted molar refractivity (Wildman–Crippen MR) is 134 cm³/mol. The van der Waals surface area contributed by atoms with Crippen LogP contribution in [0.1, 0.15) is 34.7 Å². The molecule has 6 heteroatoms. The van der Waals surface area contributed by atoms with E-state index in [1.54, 1.807) is 19.2 Å². The van der Waals surface area contributed by atoms with Crippen LogP contribution in [0.15, 0.2) is 77.9 Å². The highest BCUT2D eigenvalue weighted by molar-refractivity contribution is 6.05. The van der Waals surface area contributed by atoms with Crippen molar-refractivity contribution in [2.75, 3.05) is 27.8 Å². The van der Waals surface area contributed by atoms with Gasteiger partial charge in [-0.2, -0.15) is 5.10 Å². The van der Waals surface area contributed by atoms with E-state index < -0.39 is 0 Å². The lowest BCUT2D eigenvalue weighted by Crippen LogP contribution is -2.36. The molecule has 1 heterocycles. The van der Waals surface area contributed by atoms with Gasteiger partial charge in [-0.25, -0.2) is 5.01 Å². The molecule has 34 heavy (non-hydrogen) atoms. The van der Waals surface area contributed by atoms with Crippen LogP contribution in [0.25, 0.3) is 0 Å². The minimum atomic E-state index is -0.167. The van der Waals surface area contributed by atoms with E-state index in [1.165, 1.54) is 11.1 Å². The van der Waals surface area contributed by atoms with Crippen LogP contribution in [0.5, 0.6) is 11.5 Å². The molecule has 0 radical (unpaired) electrons. The Morgan fingerprint density at radius 1 is 1.03 bits per heavy atom. The summed E-state index contributed by atoms with van der Waals surface area (Å²) in [7, 11) is 5.22. The van der Waals surface area contributed by atoms with Gasteiger partial charge in [-0.05, 0) is 37.2 Å². The highest BCUT2D eigenvalue weighted by atomic mass is 16.5. The smallest absolute Gasteiger partial charge is 0.257 e. The number of rotatable bonds is 8. The molecule has 1 atom stereocenters. The molecule has 6 nitrogen and oxygen atoms in total. The van der Waals surface area contributed by atoms with Gasteiger partial charge in [-0.3, -0.25) is 9.69 Å². The summed E-state index contributed by atoms with van der Waals surface area (Å²) in [6.07, 6.45) is 0.611. The molecule has 0 spiro atoms. The van der Waals surface area contributed by atoms with E-state index in [4.69, 9.17) is 14.6 Å². The van der Waals surface area contributed by atoms with Crippen molar-refractivity contribution >= 4 is 11.6 Å². The van der Waals surface area contributed by atoms with Gasteiger partial charge in [-0.1, -0.05) is 60.2 Å². The van der Waals surface area contributed by atoms with Gasteiger partial charge < -0.3 is 9.47 Å². The lowest BCUT2D eigenvalue weighted by molar-refractivity contribution is -0.134. The molecule has 0 N–H and O–H groups in total. The predicted octanol–water partition coefficient (Wildman–Crippen LogP) is 4.82. The number of hydrogen-bond acceptors (Lipinski definition) is 5. The van der Waals surface area contributed by atoms with Crippen molar-refractivity contribution in [3.8, 4) is 11.5 Å². The zero-order chi connectivity index (χ0) is 24.1. The molecule has 0 bridgehead atoms. The van der Waals surface area contributed by atoms with Crippen molar-refractivity contribution in [2.45, 2.75) is 25.9 Å². The van der Waals surface area contributed by atoms with E-state index in [2.05, 4.69) is 43.3 Å². The van der Waals surface area contributed by atoms with Crippen molar-refractivity contribution in [2.24, 2.45) is 5.10 Å². The molecule has 0 fully saturated rings. The van der Waals surface area contributed by atoms with Crippen molar-refractivity contribution in [1.82, 2.24) is 9.91 Å². The normalized spacial score (nSPS) is 15.4. The van der Waals surface area contributed by atoms with E-state index in [9.17, 15) is 4.79 Å². The second-order valence-corrected chi connectivity index (χ2v) is 8.64. The Labute approximate surface area is 201 Å². The fourth-order valence-electron chi connectivity index (χ4n) is 4.24. The number of amides is 1. The Balaban J connectivity index is 1.61. The fraction of sp³-hybridized carbons (Fsp3) is 0.286. The van der Waals surface area contributed by atoms with E-state index in [-0.39, 0.29) is 18.5 Å². The lowest BCUT2D eigenvalue weighted by Gasteiger charge is -2.25. The van der Waals surface area contributed by atoms with Crippen LogP contribution in [0, 0.1) is 6.92 Å². The molecular formula is C28H31N3O3. The van der Waals surface area contributed by atoms with Crippen molar-refractivity contribution < 1.29 is 14.3 Å². The van der Waals surface area contributed by atoms with Crippen LogP contribution in [-0.2, 0) is 11.3 Å². The number of hydrogen-bond donors (Lipinski definition) is 0. The second-order valence-electron chi connectivity index (χ2n) is 8.64. The Kier molecular flexibility index (Phi) is 7.28. The fourth-order valence-corrected chi connectivity index (χ4v) is 4.24. The first-order valence-electron chi connectivity index (χ1n) is 11.4. The second kappa shape index (κ2) is 10.5. The third-order valence-corrected chi connectivity index (χ3v) is 6.05. The van der Waals surface area contributed by atoms with Gasteiger partial charge in [-0.15, -0.1) is 0 Å². The molecule has 1 aliphatic rings. The van der Waals surface area contributed by atoms with Crippen LogP contribution >= 0.6 is 0 Å². The van der Waals surface area contributed by atoms with Gasteiger partial charge in [0.2, 0.25) is 0 Å². The summed E-state index contributed by atoms with van der Waals surface area (Å²) in [5.74, 6) is 1.35. The number of nitrogens with zero attached hydrogens (tertiary/aromatic N) is 3. The average Bonchev–Trinajstić information content (AvgIpc) is 3.30. The van der Waals surface area contributed by atoms with Gasteiger partial charge in [0.1, 0.15) is 11.5 Å². The summed E-state index contributed by atoms with van der Waals surface area (Å²) in [4.78, 5) is 15.5. The lowest BCUT2D eigenvalue weighted by atomic mass is 9.97. The Morgan fingerprint density at radius 2 is 1.76 bits per heavy atom. The summed E-state index contributed by atoms with van der Waals surface area (Å²) in [6.45, 7) is 3.02. The molecule has 0 aliphatic carbocycles. The standard InChI is InChI=1S/C28H31N3O3/c1-20-10-12-22(13-11-20)26-17-25(24-15-14-23(33-3)16-27(24)34-4)29-31(26)28(32)19-30(2)18-21-8-6-5-7-9-21/h5-16,26H,17-19H2,1-4H3. The number of aryl methyl sites for hydroxylation is 1. The highest BCUT2D eigenvalue weighted by Crippen LogP contribution is 2.36. The van der Waals surface area contributed by atoms with Crippen LogP contribution in [-0.4, -0.2) is 49.3 Å². The number of carbonyl (C=O) groups is 1. The maximum absolute atomic E-state index is 13.5. The zero-order valence-corrected chi connectivity index (χ0v) is 20.2. The molecule has 176 valence electrons. The summed E-state index contributed by atoms with van der Waals surface area (Å²) >= 11 is 0. The van der Waals surface area contributed by atoms with Gasteiger partial charge in [0, 0.05) is 24.6 Å². The first-order valence-corrected chi connectivity index (χ1v) is 11.4. The molecular weight excluding hydrogens is 426 g/mol. The maximum atomic E-state index is 13.5. The van der Waals surface area contributed by atoms with Gasteiger partial charge in [0.25, 0.3) is 5.91 Å². The number of hydrazone groups is 1.